The third-order valence-electron chi connectivity index (χ3n) is 5.25. The summed E-state index contributed by atoms with van der Waals surface area (Å²) in [6.07, 6.45) is 10.4. The van der Waals surface area contributed by atoms with E-state index in [9.17, 15) is 4.79 Å². The third-order valence-corrected chi connectivity index (χ3v) is 5.44. The van der Waals surface area contributed by atoms with E-state index >= 15 is 0 Å². The molecule has 4 saturated carbocycles. The minimum absolute atomic E-state index is 0.00975. The van der Waals surface area contributed by atoms with Crippen LogP contribution in [0.2, 0.25) is 5.15 Å². The van der Waals surface area contributed by atoms with Crippen LogP contribution in [0.3, 0.4) is 0 Å². The normalized spacial score (nSPS) is 38.0. The fourth-order valence-corrected chi connectivity index (χ4v) is 5.17. The number of carbonyl (C=O) groups excluding carboxylic acids is 1. The first-order valence-electron chi connectivity index (χ1n) is 7.42. The number of amides is 1. The highest BCUT2D eigenvalue weighted by molar-refractivity contribution is 6.29. The van der Waals surface area contributed by atoms with Crippen molar-refractivity contribution in [3.05, 3.63) is 23.2 Å². The molecule has 1 amide bonds. The van der Waals surface area contributed by atoms with E-state index in [-0.39, 0.29) is 16.6 Å². The molecule has 4 aliphatic carbocycles. The van der Waals surface area contributed by atoms with Crippen LogP contribution in [0.25, 0.3) is 0 Å². The summed E-state index contributed by atoms with van der Waals surface area (Å²) in [4.78, 5) is 20.4. The summed E-state index contributed by atoms with van der Waals surface area (Å²) in [5, 5.41) is 3.53. The first kappa shape index (κ1) is 12.6. The number of halogens is 1. The van der Waals surface area contributed by atoms with Crippen molar-refractivity contribution in [2.75, 3.05) is 0 Å². The molecule has 0 saturated heterocycles. The lowest BCUT2D eigenvalue weighted by Crippen LogP contribution is -2.59. The van der Waals surface area contributed by atoms with E-state index in [0.29, 0.717) is 5.69 Å². The second-order valence-corrected chi connectivity index (χ2v) is 7.27. The fraction of sp³-hybridized carbons (Fsp3) is 0.667. The van der Waals surface area contributed by atoms with E-state index < -0.39 is 0 Å². The van der Waals surface area contributed by atoms with Crippen LogP contribution in [0, 0.1) is 17.8 Å². The molecule has 4 nitrogen and oxygen atoms in total. The van der Waals surface area contributed by atoms with Crippen molar-refractivity contribution in [1.29, 1.82) is 0 Å². The van der Waals surface area contributed by atoms with Gasteiger partial charge in [0.05, 0.1) is 12.4 Å². The molecule has 106 valence electrons. The van der Waals surface area contributed by atoms with E-state index in [1.807, 2.05) is 0 Å². The van der Waals surface area contributed by atoms with E-state index in [1.54, 1.807) is 0 Å². The molecule has 5 rings (SSSR count). The number of hydrogen-bond donors (Lipinski definition) is 1. The maximum absolute atomic E-state index is 12.4. The maximum Gasteiger partial charge on any atom is 0.271 e. The van der Waals surface area contributed by atoms with Gasteiger partial charge in [-0.05, 0) is 56.3 Å². The molecule has 1 heterocycles. The highest BCUT2D eigenvalue weighted by Crippen LogP contribution is 2.55. The van der Waals surface area contributed by atoms with Crippen LogP contribution in [0.15, 0.2) is 12.4 Å². The van der Waals surface area contributed by atoms with Crippen LogP contribution >= 0.6 is 11.6 Å². The Hall–Kier alpha value is -1.16. The van der Waals surface area contributed by atoms with Gasteiger partial charge in [0.1, 0.15) is 10.8 Å². The molecule has 0 aromatic carbocycles. The first-order chi connectivity index (χ1) is 9.62. The van der Waals surface area contributed by atoms with E-state index in [1.165, 1.54) is 31.7 Å². The average Bonchev–Trinajstić information content (AvgIpc) is 2.36. The summed E-state index contributed by atoms with van der Waals surface area (Å²) in [5.41, 5.74) is 0.337. The quantitative estimate of drug-likeness (QED) is 0.911. The molecule has 0 radical (unpaired) electrons. The van der Waals surface area contributed by atoms with Crippen molar-refractivity contribution in [3.63, 3.8) is 0 Å². The number of carbonyl (C=O) groups is 1. The summed E-state index contributed by atoms with van der Waals surface area (Å²) in [6.45, 7) is 0. The Balaban J connectivity index is 1.55. The van der Waals surface area contributed by atoms with Gasteiger partial charge in [0, 0.05) is 5.54 Å². The fourth-order valence-electron chi connectivity index (χ4n) is 5.02. The topological polar surface area (TPSA) is 54.9 Å². The number of nitrogens with zero attached hydrogens (tertiary/aromatic N) is 2. The predicted molar refractivity (Wildman–Crippen MR) is 75.4 cm³/mol. The zero-order valence-electron chi connectivity index (χ0n) is 11.3. The Bertz CT molecular complexity index is 525. The number of rotatable bonds is 2. The first-order valence-corrected chi connectivity index (χ1v) is 7.80. The van der Waals surface area contributed by atoms with Crippen molar-refractivity contribution in [2.45, 2.75) is 44.1 Å². The summed E-state index contributed by atoms with van der Waals surface area (Å²) in [5.74, 6) is 2.31. The van der Waals surface area contributed by atoms with Crippen LogP contribution in [-0.4, -0.2) is 21.4 Å². The standard InChI is InChI=1S/C15H18ClN3O/c16-13-8-17-7-12(18-13)14(20)19-15-4-9-1-10(5-15)3-11(2-9)6-15/h7-11H,1-6H2,(H,19,20). The van der Waals surface area contributed by atoms with Crippen LogP contribution in [0.1, 0.15) is 49.0 Å². The van der Waals surface area contributed by atoms with Crippen molar-refractivity contribution >= 4 is 17.5 Å². The monoisotopic (exact) mass is 291 g/mol. The van der Waals surface area contributed by atoms with Gasteiger partial charge in [-0.2, -0.15) is 0 Å². The second kappa shape index (κ2) is 4.42. The molecule has 5 heteroatoms. The molecule has 4 fully saturated rings. The lowest BCUT2D eigenvalue weighted by molar-refractivity contribution is -0.0167. The summed E-state index contributed by atoms with van der Waals surface area (Å²) in [7, 11) is 0. The molecule has 0 atom stereocenters. The van der Waals surface area contributed by atoms with Crippen LogP contribution < -0.4 is 5.32 Å². The summed E-state index contributed by atoms with van der Waals surface area (Å²) < 4.78 is 0. The SMILES string of the molecule is O=C(NC12CC3CC(CC(C3)C1)C2)c1cncc(Cl)n1. The number of nitrogens with one attached hydrogen (secondary N) is 1. The van der Waals surface area contributed by atoms with Crippen LogP contribution in [0.5, 0.6) is 0 Å². The van der Waals surface area contributed by atoms with Crippen molar-refractivity contribution < 1.29 is 4.79 Å². The maximum atomic E-state index is 12.4. The molecule has 0 aliphatic heterocycles. The highest BCUT2D eigenvalue weighted by Gasteiger charge is 2.51. The lowest BCUT2D eigenvalue weighted by atomic mass is 9.53. The zero-order valence-corrected chi connectivity index (χ0v) is 12.1. The van der Waals surface area contributed by atoms with E-state index in [0.717, 1.165) is 37.0 Å². The Morgan fingerprint density at radius 1 is 1.15 bits per heavy atom. The Kier molecular flexibility index (Phi) is 2.78. The largest absolute Gasteiger partial charge is 0.345 e. The summed E-state index contributed by atoms with van der Waals surface area (Å²) in [6, 6.07) is 0. The molecular weight excluding hydrogens is 274 g/mol. The van der Waals surface area contributed by atoms with Crippen molar-refractivity contribution in [1.82, 2.24) is 15.3 Å². The van der Waals surface area contributed by atoms with Gasteiger partial charge in [-0.25, -0.2) is 4.98 Å². The van der Waals surface area contributed by atoms with Gasteiger partial charge in [0.2, 0.25) is 0 Å². The zero-order chi connectivity index (χ0) is 13.7. The molecule has 1 aromatic heterocycles. The molecule has 4 aliphatic rings. The minimum atomic E-state index is -0.123. The van der Waals surface area contributed by atoms with E-state index in [2.05, 4.69) is 15.3 Å². The van der Waals surface area contributed by atoms with Gasteiger partial charge in [-0.15, -0.1) is 0 Å². The molecule has 20 heavy (non-hydrogen) atoms. The molecule has 1 aromatic rings. The lowest BCUT2D eigenvalue weighted by Gasteiger charge is -2.56. The smallest absolute Gasteiger partial charge is 0.271 e. The predicted octanol–water partition coefficient (Wildman–Crippen LogP) is 2.83. The van der Waals surface area contributed by atoms with Gasteiger partial charge >= 0.3 is 0 Å². The van der Waals surface area contributed by atoms with Crippen molar-refractivity contribution in [3.8, 4) is 0 Å². The highest BCUT2D eigenvalue weighted by atomic mass is 35.5. The second-order valence-electron chi connectivity index (χ2n) is 6.88. The van der Waals surface area contributed by atoms with Crippen LogP contribution in [-0.2, 0) is 0 Å². The van der Waals surface area contributed by atoms with Gasteiger partial charge in [0.25, 0.3) is 5.91 Å². The number of aromatic nitrogens is 2. The molecule has 0 unspecified atom stereocenters. The minimum Gasteiger partial charge on any atom is -0.345 e. The average molecular weight is 292 g/mol. The Morgan fingerprint density at radius 2 is 1.75 bits per heavy atom. The van der Waals surface area contributed by atoms with Gasteiger partial charge < -0.3 is 5.32 Å². The van der Waals surface area contributed by atoms with Gasteiger partial charge in [-0.3, -0.25) is 9.78 Å². The van der Waals surface area contributed by atoms with E-state index in [4.69, 9.17) is 11.6 Å². The van der Waals surface area contributed by atoms with Gasteiger partial charge in [0.15, 0.2) is 0 Å². The number of hydrogen-bond acceptors (Lipinski definition) is 3. The Labute approximate surface area is 123 Å². The molecular formula is C15H18ClN3O. The van der Waals surface area contributed by atoms with Gasteiger partial charge in [-0.1, -0.05) is 11.6 Å². The van der Waals surface area contributed by atoms with Crippen LogP contribution in [0.4, 0.5) is 0 Å². The molecule has 1 N–H and O–H groups in total. The molecule has 0 spiro atoms. The molecule has 4 bridgehead atoms. The third kappa shape index (κ3) is 2.10. The van der Waals surface area contributed by atoms with Crippen molar-refractivity contribution in [2.24, 2.45) is 17.8 Å². The Morgan fingerprint density at radius 3 is 2.30 bits per heavy atom. The summed E-state index contributed by atoms with van der Waals surface area (Å²) >= 11 is 5.81.